The number of thiophene rings is 1. The Hall–Kier alpha value is -2.12. The SMILES string of the molecule is Cc1sc2nc(CSc3nc4ccccc4[nH]3)[nH]c(=O)c2c1C. The maximum absolute atomic E-state index is 12.3. The van der Waals surface area contributed by atoms with Gasteiger partial charge in [0.1, 0.15) is 10.7 Å². The van der Waals surface area contributed by atoms with Crippen LogP contribution in [-0.2, 0) is 5.75 Å². The highest BCUT2D eigenvalue weighted by Gasteiger charge is 2.12. The number of aromatic amines is 2. The van der Waals surface area contributed by atoms with Crippen molar-refractivity contribution in [2.75, 3.05) is 0 Å². The van der Waals surface area contributed by atoms with Gasteiger partial charge in [0.25, 0.3) is 5.56 Å². The van der Waals surface area contributed by atoms with E-state index in [2.05, 4.69) is 19.9 Å². The van der Waals surface area contributed by atoms with Crippen molar-refractivity contribution in [3.8, 4) is 0 Å². The van der Waals surface area contributed by atoms with Crippen LogP contribution in [0.2, 0.25) is 0 Å². The molecule has 0 fully saturated rings. The Morgan fingerprint density at radius 3 is 2.83 bits per heavy atom. The van der Waals surface area contributed by atoms with Gasteiger partial charge in [-0.3, -0.25) is 4.79 Å². The van der Waals surface area contributed by atoms with Crippen LogP contribution >= 0.6 is 23.1 Å². The molecular formula is C16H14N4OS2. The van der Waals surface area contributed by atoms with E-state index in [9.17, 15) is 4.79 Å². The molecule has 0 radical (unpaired) electrons. The molecule has 4 rings (SSSR count). The molecule has 1 aromatic carbocycles. The van der Waals surface area contributed by atoms with Crippen LogP contribution in [0.3, 0.4) is 0 Å². The minimum absolute atomic E-state index is 0.0583. The summed E-state index contributed by atoms with van der Waals surface area (Å²) in [5.41, 5.74) is 2.92. The molecule has 0 spiro atoms. The number of hydrogen-bond donors (Lipinski definition) is 2. The first-order valence-electron chi connectivity index (χ1n) is 7.18. The van der Waals surface area contributed by atoms with E-state index in [1.54, 1.807) is 11.3 Å². The Balaban J connectivity index is 1.63. The molecule has 0 aliphatic carbocycles. The number of aromatic nitrogens is 4. The van der Waals surface area contributed by atoms with Gasteiger partial charge in [-0.05, 0) is 31.5 Å². The fourth-order valence-electron chi connectivity index (χ4n) is 2.50. The second-order valence-corrected chi connectivity index (χ2v) is 7.49. The highest BCUT2D eigenvalue weighted by atomic mass is 32.2. The van der Waals surface area contributed by atoms with Gasteiger partial charge >= 0.3 is 0 Å². The van der Waals surface area contributed by atoms with Crippen molar-refractivity contribution < 1.29 is 0 Å². The van der Waals surface area contributed by atoms with E-state index in [1.807, 2.05) is 38.1 Å². The number of nitrogens with zero attached hydrogens (tertiary/aromatic N) is 2. The predicted molar refractivity (Wildman–Crippen MR) is 95.4 cm³/mol. The van der Waals surface area contributed by atoms with Crippen molar-refractivity contribution in [1.29, 1.82) is 0 Å². The van der Waals surface area contributed by atoms with Crippen molar-refractivity contribution in [2.24, 2.45) is 0 Å². The number of para-hydroxylation sites is 2. The molecule has 0 atom stereocenters. The number of nitrogens with one attached hydrogen (secondary N) is 2. The molecular weight excluding hydrogens is 328 g/mol. The summed E-state index contributed by atoms with van der Waals surface area (Å²) in [4.78, 5) is 29.5. The molecule has 0 unspecified atom stereocenters. The highest BCUT2D eigenvalue weighted by Crippen LogP contribution is 2.27. The molecule has 3 heterocycles. The van der Waals surface area contributed by atoms with Gasteiger partial charge in [0.2, 0.25) is 0 Å². The predicted octanol–water partition coefficient (Wildman–Crippen LogP) is 3.77. The number of rotatable bonds is 3. The minimum Gasteiger partial charge on any atom is -0.333 e. The maximum atomic E-state index is 12.3. The molecule has 0 bridgehead atoms. The lowest BCUT2D eigenvalue weighted by Gasteiger charge is -1.99. The number of thioether (sulfide) groups is 1. The Morgan fingerprint density at radius 1 is 1.17 bits per heavy atom. The molecule has 0 amide bonds. The third-order valence-corrected chi connectivity index (χ3v) is 5.79. The summed E-state index contributed by atoms with van der Waals surface area (Å²) in [5, 5.41) is 1.54. The second-order valence-electron chi connectivity index (χ2n) is 5.32. The lowest BCUT2D eigenvalue weighted by Crippen LogP contribution is -2.10. The van der Waals surface area contributed by atoms with Crippen LogP contribution < -0.4 is 5.56 Å². The summed E-state index contributed by atoms with van der Waals surface area (Å²) in [6.45, 7) is 3.98. The van der Waals surface area contributed by atoms with Gasteiger partial charge in [-0.25, -0.2) is 9.97 Å². The van der Waals surface area contributed by atoms with Gasteiger partial charge in [0.05, 0.1) is 22.2 Å². The fourth-order valence-corrected chi connectivity index (χ4v) is 4.31. The van der Waals surface area contributed by atoms with Crippen LogP contribution in [0.1, 0.15) is 16.3 Å². The number of aryl methyl sites for hydroxylation is 2. The molecule has 2 N–H and O–H groups in total. The monoisotopic (exact) mass is 342 g/mol. The standard InChI is InChI=1S/C16H14N4OS2/c1-8-9(2)23-15-13(8)14(21)19-12(20-15)7-22-16-17-10-5-3-4-6-11(10)18-16/h3-6H,7H2,1-2H3,(H,17,18)(H,19,20,21). The highest BCUT2D eigenvalue weighted by molar-refractivity contribution is 7.98. The first-order chi connectivity index (χ1) is 11.1. The van der Waals surface area contributed by atoms with E-state index in [0.29, 0.717) is 17.0 Å². The van der Waals surface area contributed by atoms with Crippen LogP contribution in [0.25, 0.3) is 21.3 Å². The lowest BCUT2D eigenvalue weighted by atomic mass is 10.2. The Labute approximate surface area is 140 Å². The second kappa shape index (κ2) is 5.50. The van der Waals surface area contributed by atoms with Gasteiger partial charge in [0.15, 0.2) is 5.16 Å². The zero-order valence-corrected chi connectivity index (χ0v) is 14.3. The van der Waals surface area contributed by atoms with Crippen LogP contribution in [-0.4, -0.2) is 19.9 Å². The molecule has 0 aliphatic heterocycles. The van der Waals surface area contributed by atoms with E-state index in [1.165, 1.54) is 11.8 Å². The lowest BCUT2D eigenvalue weighted by molar-refractivity contribution is 1.03. The Morgan fingerprint density at radius 2 is 2.00 bits per heavy atom. The Kier molecular flexibility index (Phi) is 3.46. The summed E-state index contributed by atoms with van der Waals surface area (Å²) in [6, 6.07) is 7.91. The van der Waals surface area contributed by atoms with Gasteiger partial charge < -0.3 is 9.97 Å². The largest absolute Gasteiger partial charge is 0.333 e. The molecule has 0 aliphatic rings. The summed E-state index contributed by atoms with van der Waals surface area (Å²) in [7, 11) is 0. The number of benzene rings is 1. The first kappa shape index (κ1) is 14.5. The minimum atomic E-state index is -0.0583. The van der Waals surface area contributed by atoms with E-state index in [-0.39, 0.29) is 5.56 Å². The van der Waals surface area contributed by atoms with Gasteiger partial charge in [0, 0.05) is 4.88 Å². The smallest absolute Gasteiger partial charge is 0.259 e. The molecule has 7 heteroatoms. The van der Waals surface area contributed by atoms with Crippen LogP contribution in [0.4, 0.5) is 0 Å². The molecule has 23 heavy (non-hydrogen) atoms. The van der Waals surface area contributed by atoms with Crippen LogP contribution in [0, 0.1) is 13.8 Å². The zero-order chi connectivity index (χ0) is 16.0. The molecule has 116 valence electrons. The third-order valence-electron chi connectivity index (χ3n) is 3.80. The molecule has 3 aromatic heterocycles. The average Bonchev–Trinajstić information content (AvgIpc) is 3.06. The van der Waals surface area contributed by atoms with Crippen molar-refractivity contribution in [3.63, 3.8) is 0 Å². The summed E-state index contributed by atoms with van der Waals surface area (Å²) < 4.78 is 0. The third kappa shape index (κ3) is 2.55. The summed E-state index contributed by atoms with van der Waals surface area (Å²) >= 11 is 3.10. The molecule has 0 saturated carbocycles. The van der Waals surface area contributed by atoms with Gasteiger partial charge in [-0.1, -0.05) is 23.9 Å². The normalized spacial score (nSPS) is 11.6. The number of imidazole rings is 1. The first-order valence-corrected chi connectivity index (χ1v) is 8.98. The zero-order valence-electron chi connectivity index (χ0n) is 12.6. The van der Waals surface area contributed by atoms with Crippen LogP contribution in [0.5, 0.6) is 0 Å². The van der Waals surface area contributed by atoms with Gasteiger partial charge in [-0.2, -0.15) is 0 Å². The van der Waals surface area contributed by atoms with E-state index in [4.69, 9.17) is 0 Å². The summed E-state index contributed by atoms with van der Waals surface area (Å²) in [5.74, 6) is 1.25. The van der Waals surface area contributed by atoms with Crippen molar-refractivity contribution in [1.82, 2.24) is 19.9 Å². The maximum Gasteiger partial charge on any atom is 0.259 e. The number of H-pyrrole nitrogens is 2. The molecule has 4 aromatic rings. The van der Waals surface area contributed by atoms with E-state index < -0.39 is 0 Å². The van der Waals surface area contributed by atoms with Crippen molar-refractivity contribution in [3.05, 3.63) is 50.9 Å². The number of hydrogen-bond acceptors (Lipinski definition) is 5. The van der Waals surface area contributed by atoms with Crippen molar-refractivity contribution in [2.45, 2.75) is 24.8 Å². The number of fused-ring (bicyclic) bond motifs is 2. The fraction of sp³-hybridized carbons (Fsp3) is 0.188. The molecule has 0 saturated heterocycles. The molecule has 5 nitrogen and oxygen atoms in total. The quantitative estimate of drug-likeness (QED) is 0.556. The van der Waals surface area contributed by atoms with E-state index in [0.717, 1.165) is 31.5 Å². The van der Waals surface area contributed by atoms with E-state index >= 15 is 0 Å². The van der Waals surface area contributed by atoms with Crippen LogP contribution in [0.15, 0.2) is 34.2 Å². The van der Waals surface area contributed by atoms with Gasteiger partial charge in [-0.15, -0.1) is 11.3 Å². The Bertz CT molecular complexity index is 1040. The summed E-state index contributed by atoms with van der Waals surface area (Å²) in [6.07, 6.45) is 0. The average molecular weight is 342 g/mol. The van der Waals surface area contributed by atoms with Crippen molar-refractivity contribution >= 4 is 44.3 Å². The topological polar surface area (TPSA) is 74.4 Å².